The highest BCUT2D eigenvalue weighted by atomic mass is 35.5. The molecule has 0 aliphatic heterocycles. The smallest absolute Gasteiger partial charge is 0.271 e. The number of nitrogens with zero attached hydrogens (tertiary/aromatic N) is 2. The van der Waals surface area contributed by atoms with Gasteiger partial charge in [0.15, 0.2) is 0 Å². The number of non-ortho nitro benzene ring substituents is 1. The van der Waals surface area contributed by atoms with Crippen LogP contribution in [0.2, 0.25) is 10.0 Å². The van der Waals surface area contributed by atoms with E-state index in [0.29, 0.717) is 0 Å². The molecule has 0 aliphatic rings. The highest BCUT2D eigenvalue weighted by Gasteiger charge is 2.16. The molecular formula is C16H8Cl2FN3O3. The van der Waals surface area contributed by atoms with Crippen molar-refractivity contribution < 1.29 is 14.1 Å². The largest absolute Gasteiger partial charge is 0.320 e. The fourth-order valence-corrected chi connectivity index (χ4v) is 2.29. The van der Waals surface area contributed by atoms with Gasteiger partial charge >= 0.3 is 0 Å². The third-order valence-electron chi connectivity index (χ3n) is 3.07. The zero-order chi connectivity index (χ0) is 18.6. The summed E-state index contributed by atoms with van der Waals surface area (Å²) in [5.41, 5.74) is -0.706. The number of hydrogen-bond donors (Lipinski definition) is 1. The standard InChI is InChI=1S/C16H8Cl2FN3O3/c17-12-2-1-3-14(19)11(12)6-9(8-20)16(23)21-15-5-4-10(22(24)25)7-13(15)18/h1-7H,(H,21,23). The highest BCUT2D eigenvalue weighted by Crippen LogP contribution is 2.27. The minimum absolute atomic E-state index is 0.0360. The van der Waals surface area contributed by atoms with Gasteiger partial charge in [0.1, 0.15) is 17.5 Å². The van der Waals surface area contributed by atoms with E-state index in [9.17, 15) is 19.3 Å². The van der Waals surface area contributed by atoms with Gasteiger partial charge in [-0.3, -0.25) is 14.9 Å². The van der Waals surface area contributed by atoms with Crippen LogP contribution in [-0.4, -0.2) is 10.8 Å². The van der Waals surface area contributed by atoms with Crippen molar-refractivity contribution >= 4 is 46.6 Å². The van der Waals surface area contributed by atoms with Crippen LogP contribution >= 0.6 is 23.2 Å². The summed E-state index contributed by atoms with van der Waals surface area (Å²) in [6.07, 6.45) is 1.01. The number of nitriles is 1. The van der Waals surface area contributed by atoms with Gasteiger partial charge in [0, 0.05) is 17.7 Å². The molecule has 0 atom stereocenters. The Balaban J connectivity index is 2.31. The van der Waals surface area contributed by atoms with Gasteiger partial charge in [-0.1, -0.05) is 29.3 Å². The van der Waals surface area contributed by atoms with Crippen molar-refractivity contribution in [3.8, 4) is 6.07 Å². The first-order valence-electron chi connectivity index (χ1n) is 6.64. The van der Waals surface area contributed by atoms with Crippen molar-refractivity contribution in [3.63, 3.8) is 0 Å². The third-order valence-corrected chi connectivity index (χ3v) is 3.71. The molecule has 0 aromatic heterocycles. The first kappa shape index (κ1) is 18.4. The minimum atomic E-state index is -0.863. The van der Waals surface area contributed by atoms with Crippen molar-refractivity contribution in [2.75, 3.05) is 5.32 Å². The summed E-state index contributed by atoms with van der Waals surface area (Å²) in [5, 5.41) is 22.1. The number of carbonyl (C=O) groups is 1. The van der Waals surface area contributed by atoms with E-state index in [1.165, 1.54) is 18.2 Å². The van der Waals surface area contributed by atoms with E-state index in [0.717, 1.165) is 24.3 Å². The molecule has 0 heterocycles. The predicted octanol–water partition coefficient (Wildman–Crippen LogP) is 4.59. The van der Waals surface area contributed by atoms with E-state index in [2.05, 4.69) is 5.32 Å². The van der Waals surface area contributed by atoms with Crippen molar-refractivity contribution in [3.05, 3.63) is 73.5 Å². The average molecular weight is 380 g/mol. The number of anilines is 1. The van der Waals surface area contributed by atoms with Crippen LogP contribution in [0.1, 0.15) is 5.56 Å². The molecule has 25 heavy (non-hydrogen) atoms. The molecule has 2 aromatic carbocycles. The Morgan fingerprint density at radius 2 is 2.00 bits per heavy atom. The Kier molecular flexibility index (Phi) is 5.70. The van der Waals surface area contributed by atoms with Crippen molar-refractivity contribution in [2.45, 2.75) is 0 Å². The summed E-state index contributed by atoms with van der Waals surface area (Å²) in [7, 11) is 0. The Morgan fingerprint density at radius 3 is 2.56 bits per heavy atom. The monoisotopic (exact) mass is 379 g/mol. The summed E-state index contributed by atoms with van der Waals surface area (Å²) in [6.45, 7) is 0. The van der Waals surface area contributed by atoms with Crippen LogP contribution in [-0.2, 0) is 4.79 Å². The topological polar surface area (TPSA) is 96.0 Å². The van der Waals surface area contributed by atoms with E-state index in [1.807, 2.05) is 0 Å². The van der Waals surface area contributed by atoms with Gasteiger partial charge < -0.3 is 5.32 Å². The second kappa shape index (κ2) is 7.75. The maximum atomic E-state index is 13.8. The van der Waals surface area contributed by atoms with Gasteiger partial charge in [0.25, 0.3) is 11.6 Å². The summed E-state index contributed by atoms with van der Waals surface area (Å²) in [5.74, 6) is -1.56. The molecule has 6 nitrogen and oxygen atoms in total. The molecule has 1 amide bonds. The molecule has 126 valence electrons. The second-order valence-corrected chi connectivity index (χ2v) is 5.49. The Morgan fingerprint density at radius 1 is 1.28 bits per heavy atom. The number of hydrogen-bond acceptors (Lipinski definition) is 4. The van der Waals surface area contributed by atoms with Crippen molar-refractivity contribution in [2.24, 2.45) is 0 Å². The highest BCUT2D eigenvalue weighted by molar-refractivity contribution is 6.34. The first-order chi connectivity index (χ1) is 11.8. The SMILES string of the molecule is N#CC(=Cc1c(F)cccc1Cl)C(=O)Nc1ccc([N+](=O)[O-])cc1Cl. The fourth-order valence-electron chi connectivity index (χ4n) is 1.85. The zero-order valence-corrected chi connectivity index (χ0v) is 13.8. The fraction of sp³-hybridized carbons (Fsp3) is 0. The van der Waals surface area contributed by atoms with Gasteiger partial charge in [0.05, 0.1) is 20.7 Å². The Bertz CT molecular complexity index is 918. The van der Waals surface area contributed by atoms with Crippen LogP contribution in [0.3, 0.4) is 0 Å². The lowest BCUT2D eigenvalue weighted by molar-refractivity contribution is -0.384. The molecule has 1 N–H and O–H groups in total. The third kappa shape index (κ3) is 4.32. The van der Waals surface area contributed by atoms with Crippen molar-refractivity contribution in [1.82, 2.24) is 0 Å². The van der Waals surface area contributed by atoms with E-state index in [-0.39, 0.29) is 27.0 Å². The van der Waals surface area contributed by atoms with Crippen LogP contribution < -0.4 is 5.32 Å². The van der Waals surface area contributed by atoms with Crippen LogP contribution in [0.5, 0.6) is 0 Å². The second-order valence-electron chi connectivity index (χ2n) is 4.68. The number of amides is 1. The molecule has 9 heteroatoms. The van der Waals surface area contributed by atoms with E-state index >= 15 is 0 Å². The quantitative estimate of drug-likeness (QED) is 0.363. The van der Waals surface area contributed by atoms with E-state index in [4.69, 9.17) is 28.5 Å². The summed E-state index contributed by atoms with van der Waals surface area (Å²) in [6, 6.07) is 9.01. The number of nitro benzene ring substituents is 1. The molecular weight excluding hydrogens is 372 g/mol. The van der Waals surface area contributed by atoms with Crippen molar-refractivity contribution in [1.29, 1.82) is 5.26 Å². The molecule has 0 saturated carbocycles. The number of nitro groups is 1. The molecule has 2 rings (SSSR count). The van der Waals surface area contributed by atoms with E-state index in [1.54, 1.807) is 6.07 Å². The predicted molar refractivity (Wildman–Crippen MR) is 91.7 cm³/mol. The van der Waals surface area contributed by atoms with Crippen LogP contribution in [0.15, 0.2) is 42.0 Å². The average Bonchev–Trinajstić information content (AvgIpc) is 2.56. The summed E-state index contributed by atoms with van der Waals surface area (Å²) >= 11 is 11.7. The lowest BCUT2D eigenvalue weighted by Crippen LogP contribution is -2.14. The maximum absolute atomic E-state index is 13.8. The lowest BCUT2D eigenvalue weighted by Gasteiger charge is -2.07. The molecule has 0 saturated heterocycles. The van der Waals surface area contributed by atoms with E-state index < -0.39 is 22.2 Å². The Labute approximate surface area is 151 Å². The molecule has 0 spiro atoms. The summed E-state index contributed by atoms with van der Waals surface area (Å²) in [4.78, 5) is 22.2. The number of rotatable bonds is 4. The molecule has 0 radical (unpaired) electrons. The number of nitrogens with one attached hydrogen (secondary N) is 1. The molecule has 0 bridgehead atoms. The van der Waals surface area contributed by atoms with Gasteiger partial charge in [-0.25, -0.2) is 4.39 Å². The lowest BCUT2D eigenvalue weighted by atomic mass is 10.1. The van der Waals surface area contributed by atoms with Gasteiger partial charge in [-0.2, -0.15) is 5.26 Å². The van der Waals surface area contributed by atoms with Gasteiger partial charge in [-0.05, 0) is 24.3 Å². The van der Waals surface area contributed by atoms with Gasteiger partial charge in [0.2, 0.25) is 0 Å². The number of halogens is 3. The van der Waals surface area contributed by atoms with Gasteiger partial charge in [-0.15, -0.1) is 0 Å². The van der Waals surface area contributed by atoms with Crippen LogP contribution in [0, 0.1) is 27.3 Å². The van der Waals surface area contributed by atoms with Crippen LogP contribution in [0.25, 0.3) is 6.08 Å². The minimum Gasteiger partial charge on any atom is -0.320 e. The summed E-state index contributed by atoms with van der Waals surface area (Å²) < 4.78 is 13.8. The molecule has 0 fully saturated rings. The molecule has 0 unspecified atom stereocenters. The molecule has 0 aliphatic carbocycles. The first-order valence-corrected chi connectivity index (χ1v) is 7.40. The Hall–Kier alpha value is -2.95. The number of benzene rings is 2. The molecule has 2 aromatic rings. The normalized spacial score (nSPS) is 10.9. The maximum Gasteiger partial charge on any atom is 0.271 e. The number of carbonyl (C=O) groups excluding carboxylic acids is 1. The zero-order valence-electron chi connectivity index (χ0n) is 12.3. The van der Waals surface area contributed by atoms with Crippen LogP contribution in [0.4, 0.5) is 15.8 Å².